The first-order chi connectivity index (χ1) is 10.6. The van der Waals surface area contributed by atoms with E-state index in [4.69, 9.17) is 21.1 Å². The average molecular weight is 324 g/mol. The third kappa shape index (κ3) is 3.49. The molecule has 0 saturated heterocycles. The summed E-state index contributed by atoms with van der Waals surface area (Å²) in [5, 5.41) is 2.74. The van der Waals surface area contributed by atoms with Gasteiger partial charge in [0.05, 0.1) is 24.4 Å². The molecule has 0 unspecified atom stereocenters. The van der Waals surface area contributed by atoms with E-state index in [0.29, 0.717) is 18.1 Å². The zero-order valence-corrected chi connectivity index (χ0v) is 12.9. The Balaban J connectivity index is 2.30. The third-order valence-electron chi connectivity index (χ3n) is 2.90. The van der Waals surface area contributed by atoms with E-state index >= 15 is 0 Å². The molecule has 22 heavy (non-hydrogen) atoms. The van der Waals surface area contributed by atoms with Gasteiger partial charge < -0.3 is 14.8 Å². The van der Waals surface area contributed by atoms with Gasteiger partial charge in [0, 0.05) is 5.56 Å². The summed E-state index contributed by atoms with van der Waals surface area (Å²) in [6.07, 6.45) is 0. The number of rotatable bonds is 5. The summed E-state index contributed by atoms with van der Waals surface area (Å²) >= 11 is 6.11. The molecule has 0 aromatic heterocycles. The quantitative estimate of drug-likeness (QED) is 0.899. The largest absolute Gasteiger partial charge is 0.493 e. The van der Waals surface area contributed by atoms with Crippen molar-refractivity contribution in [2.45, 2.75) is 6.92 Å². The molecule has 0 atom stereocenters. The topological polar surface area (TPSA) is 47.6 Å². The summed E-state index contributed by atoms with van der Waals surface area (Å²) in [7, 11) is 1.45. The normalized spacial score (nSPS) is 10.2. The summed E-state index contributed by atoms with van der Waals surface area (Å²) in [4.78, 5) is 12.2. The lowest BCUT2D eigenvalue weighted by Gasteiger charge is -2.13. The lowest BCUT2D eigenvalue weighted by molar-refractivity contribution is 0.102. The van der Waals surface area contributed by atoms with Crippen molar-refractivity contribution < 1.29 is 18.7 Å². The van der Waals surface area contributed by atoms with Gasteiger partial charge in [0.2, 0.25) is 0 Å². The summed E-state index contributed by atoms with van der Waals surface area (Å²) in [6.45, 7) is 2.23. The van der Waals surface area contributed by atoms with Crippen LogP contribution in [0.2, 0.25) is 5.02 Å². The van der Waals surface area contributed by atoms with Gasteiger partial charge in [-0.15, -0.1) is 0 Å². The lowest BCUT2D eigenvalue weighted by Crippen LogP contribution is -2.13. The number of methoxy groups -OCH3 is 1. The molecule has 0 spiro atoms. The molecule has 1 N–H and O–H groups in total. The maximum Gasteiger partial charge on any atom is 0.255 e. The second-order valence-electron chi connectivity index (χ2n) is 4.36. The fraction of sp³-hybridized carbons (Fsp3) is 0.188. The van der Waals surface area contributed by atoms with Crippen LogP contribution in [0.15, 0.2) is 36.4 Å². The van der Waals surface area contributed by atoms with Crippen molar-refractivity contribution in [2.75, 3.05) is 19.0 Å². The number of carbonyl (C=O) groups excluding carboxylic acids is 1. The van der Waals surface area contributed by atoms with Gasteiger partial charge in [-0.2, -0.15) is 0 Å². The Bertz CT molecular complexity index is 691. The predicted molar refractivity (Wildman–Crippen MR) is 83.5 cm³/mol. The number of nitrogens with one attached hydrogen (secondary N) is 1. The fourth-order valence-corrected chi connectivity index (χ4v) is 2.16. The summed E-state index contributed by atoms with van der Waals surface area (Å²) in [6, 6.07) is 8.85. The average Bonchev–Trinajstić information content (AvgIpc) is 2.51. The van der Waals surface area contributed by atoms with Gasteiger partial charge in [0.15, 0.2) is 11.5 Å². The van der Waals surface area contributed by atoms with Crippen molar-refractivity contribution in [1.29, 1.82) is 0 Å². The lowest BCUT2D eigenvalue weighted by atomic mass is 10.1. The highest BCUT2D eigenvalue weighted by atomic mass is 35.5. The van der Waals surface area contributed by atoms with E-state index in [9.17, 15) is 9.18 Å². The monoisotopic (exact) mass is 323 g/mol. The van der Waals surface area contributed by atoms with Crippen LogP contribution in [-0.4, -0.2) is 19.6 Å². The number of hydrogen-bond acceptors (Lipinski definition) is 3. The number of benzene rings is 2. The zero-order chi connectivity index (χ0) is 16.1. The Labute approximate surface area is 132 Å². The van der Waals surface area contributed by atoms with Crippen LogP contribution in [0, 0.1) is 5.82 Å². The minimum Gasteiger partial charge on any atom is -0.493 e. The molecule has 0 radical (unpaired) electrons. The van der Waals surface area contributed by atoms with E-state index < -0.39 is 11.7 Å². The molecule has 0 aliphatic heterocycles. The summed E-state index contributed by atoms with van der Waals surface area (Å²) in [5.74, 6) is -0.296. The van der Waals surface area contributed by atoms with E-state index in [1.54, 1.807) is 12.1 Å². The molecule has 0 aliphatic rings. The second kappa shape index (κ2) is 7.13. The SMILES string of the molecule is CCOc1c(Cl)cc(C(=O)Nc2ccccc2F)cc1OC. The van der Waals surface area contributed by atoms with Crippen LogP contribution in [-0.2, 0) is 0 Å². The Kier molecular flexibility index (Phi) is 5.22. The van der Waals surface area contributed by atoms with Gasteiger partial charge in [-0.25, -0.2) is 4.39 Å². The molecule has 0 bridgehead atoms. The molecule has 6 heteroatoms. The van der Waals surface area contributed by atoms with Crippen LogP contribution in [0.4, 0.5) is 10.1 Å². The molecule has 0 aliphatic carbocycles. The van der Waals surface area contributed by atoms with E-state index in [1.807, 2.05) is 6.92 Å². The van der Waals surface area contributed by atoms with Crippen molar-refractivity contribution in [1.82, 2.24) is 0 Å². The molecular formula is C16H15ClFNO3. The minimum atomic E-state index is -0.514. The molecule has 116 valence electrons. The predicted octanol–water partition coefficient (Wildman–Crippen LogP) is 4.14. The Morgan fingerprint density at radius 3 is 2.68 bits per heavy atom. The van der Waals surface area contributed by atoms with Crippen LogP contribution in [0.1, 0.15) is 17.3 Å². The van der Waals surface area contributed by atoms with Gasteiger partial charge in [0.1, 0.15) is 5.82 Å². The van der Waals surface area contributed by atoms with Crippen molar-refractivity contribution in [3.8, 4) is 11.5 Å². The van der Waals surface area contributed by atoms with E-state index in [-0.39, 0.29) is 16.3 Å². The highest BCUT2D eigenvalue weighted by molar-refractivity contribution is 6.32. The standard InChI is InChI=1S/C16H15ClFNO3/c1-3-22-15-11(17)8-10(9-14(15)21-2)16(20)19-13-7-5-4-6-12(13)18/h4-9H,3H2,1-2H3,(H,19,20). The van der Waals surface area contributed by atoms with E-state index in [0.717, 1.165) is 0 Å². The minimum absolute atomic E-state index is 0.0940. The molecule has 1 amide bonds. The van der Waals surface area contributed by atoms with Gasteiger partial charge in [-0.3, -0.25) is 4.79 Å². The van der Waals surface area contributed by atoms with Crippen molar-refractivity contribution in [2.24, 2.45) is 0 Å². The highest BCUT2D eigenvalue weighted by Gasteiger charge is 2.16. The van der Waals surface area contributed by atoms with Gasteiger partial charge in [-0.05, 0) is 31.2 Å². The maximum atomic E-state index is 13.6. The number of para-hydroxylation sites is 1. The molecular weight excluding hydrogens is 309 g/mol. The van der Waals surface area contributed by atoms with E-state index in [1.165, 1.54) is 31.4 Å². The van der Waals surface area contributed by atoms with Crippen LogP contribution < -0.4 is 14.8 Å². The number of ether oxygens (including phenoxy) is 2. The third-order valence-corrected chi connectivity index (χ3v) is 3.18. The fourth-order valence-electron chi connectivity index (χ4n) is 1.89. The smallest absolute Gasteiger partial charge is 0.255 e. The first kappa shape index (κ1) is 16.1. The molecule has 2 aromatic carbocycles. The molecule has 0 fully saturated rings. The Morgan fingerprint density at radius 1 is 1.32 bits per heavy atom. The zero-order valence-electron chi connectivity index (χ0n) is 12.2. The van der Waals surface area contributed by atoms with Gasteiger partial charge in [-0.1, -0.05) is 23.7 Å². The van der Waals surface area contributed by atoms with Crippen LogP contribution in [0.25, 0.3) is 0 Å². The number of carbonyl (C=O) groups is 1. The number of hydrogen-bond donors (Lipinski definition) is 1. The van der Waals surface area contributed by atoms with Crippen molar-refractivity contribution in [3.63, 3.8) is 0 Å². The molecule has 2 rings (SSSR count). The van der Waals surface area contributed by atoms with E-state index in [2.05, 4.69) is 5.32 Å². The van der Waals surface area contributed by atoms with Gasteiger partial charge >= 0.3 is 0 Å². The molecule has 2 aromatic rings. The molecule has 0 saturated carbocycles. The maximum absolute atomic E-state index is 13.6. The first-order valence-corrected chi connectivity index (χ1v) is 7.00. The summed E-state index contributed by atoms with van der Waals surface area (Å²) in [5.41, 5.74) is 0.338. The number of amides is 1. The van der Waals surface area contributed by atoms with Crippen LogP contribution in [0.5, 0.6) is 11.5 Å². The highest BCUT2D eigenvalue weighted by Crippen LogP contribution is 2.36. The second-order valence-corrected chi connectivity index (χ2v) is 4.76. The summed E-state index contributed by atoms with van der Waals surface area (Å²) < 4.78 is 24.1. The molecule has 0 heterocycles. The van der Waals surface area contributed by atoms with Crippen LogP contribution >= 0.6 is 11.6 Å². The van der Waals surface area contributed by atoms with Crippen LogP contribution in [0.3, 0.4) is 0 Å². The first-order valence-electron chi connectivity index (χ1n) is 6.63. The molecule has 4 nitrogen and oxygen atoms in total. The number of anilines is 1. The van der Waals surface area contributed by atoms with Crippen molar-refractivity contribution >= 4 is 23.2 Å². The Hall–Kier alpha value is -2.27. The Morgan fingerprint density at radius 2 is 2.05 bits per heavy atom. The van der Waals surface area contributed by atoms with Gasteiger partial charge in [0.25, 0.3) is 5.91 Å². The van der Waals surface area contributed by atoms with Crippen molar-refractivity contribution in [3.05, 3.63) is 52.8 Å². The number of halogens is 2.